The number of thiazole rings is 1. The first kappa shape index (κ1) is 21.3. The number of rotatable bonds is 4. The predicted octanol–water partition coefficient (Wildman–Crippen LogP) is 3.40. The Kier molecular flexibility index (Phi) is 5.18. The summed E-state index contributed by atoms with van der Waals surface area (Å²) in [4.78, 5) is 38.1. The second-order valence-electron chi connectivity index (χ2n) is 8.38. The lowest BCUT2D eigenvalue weighted by atomic mass is 10.1. The van der Waals surface area contributed by atoms with Crippen LogP contribution in [0, 0.1) is 6.92 Å². The van der Waals surface area contributed by atoms with Crippen LogP contribution in [0.4, 0.5) is 10.8 Å². The van der Waals surface area contributed by atoms with Crippen LogP contribution in [-0.2, 0) is 20.0 Å². The summed E-state index contributed by atoms with van der Waals surface area (Å²) in [6.45, 7) is 3.40. The highest BCUT2D eigenvalue weighted by atomic mass is 32.1. The number of amides is 1. The first-order valence-corrected chi connectivity index (χ1v) is 11.9. The van der Waals surface area contributed by atoms with E-state index in [0.29, 0.717) is 27.7 Å². The fourth-order valence-electron chi connectivity index (χ4n) is 4.24. The Balaban J connectivity index is 1.27. The zero-order valence-electron chi connectivity index (χ0n) is 19.1. The number of nitrogens with one attached hydrogen (secondary N) is 1. The van der Waals surface area contributed by atoms with Crippen LogP contribution in [-0.4, -0.2) is 47.2 Å². The Labute approximate surface area is 204 Å². The molecule has 0 unspecified atom stereocenters. The van der Waals surface area contributed by atoms with Crippen LogP contribution >= 0.6 is 11.3 Å². The lowest BCUT2D eigenvalue weighted by Crippen LogP contribution is -2.32. The van der Waals surface area contributed by atoms with E-state index in [1.807, 2.05) is 43.0 Å². The van der Waals surface area contributed by atoms with E-state index in [-0.39, 0.29) is 5.91 Å². The summed E-state index contributed by atoms with van der Waals surface area (Å²) in [5.74, 6) is -0.266. The van der Waals surface area contributed by atoms with Crippen molar-refractivity contribution in [3.8, 4) is 11.3 Å². The molecule has 1 N–H and O–H groups in total. The van der Waals surface area contributed by atoms with Crippen molar-refractivity contribution >= 4 is 38.5 Å². The molecular formula is C24H21N9OS. The molecule has 0 radical (unpaired) electrons. The number of fused-ring (bicyclic) bond motifs is 2. The molecule has 0 fully saturated rings. The van der Waals surface area contributed by atoms with Crippen molar-refractivity contribution in [1.29, 1.82) is 0 Å². The molecule has 0 bridgehead atoms. The minimum atomic E-state index is -0.266. The predicted molar refractivity (Wildman–Crippen MR) is 133 cm³/mol. The second kappa shape index (κ2) is 8.51. The monoisotopic (exact) mass is 483 g/mol. The van der Waals surface area contributed by atoms with E-state index in [1.54, 1.807) is 24.8 Å². The fourth-order valence-corrected chi connectivity index (χ4v) is 5.03. The highest BCUT2D eigenvalue weighted by Crippen LogP contribution is 2.30. The van der Waals surface area contributed by atoms with Gasteiger partial charge in [-0.05, 0) is 25.1 Å². The molecule has 11 heteroatoms. The van der Waals surface area contributed by atoms with Gasteiger partial charge in [0.2, 0.25) is 0 Å². The summed E-state index contributed by atoms with van der Waals surface area (Å²) < 4.78 is 1.84. The molecule has 1 aliphatic heterocycles. The molecule has 35 heavy (non-hydrogen) atoms. The minimum absolute atomic E-state index is 0.266. The molecule has 1 amide bonds. The number of hydrogen-bond acceptors (Lipinski definition) is 9. The van der Waals surface area contributed by atoms with E-state index in [9.17, 15) is 4.79 Å². The summed E-state index contributed by atoms with van der Waals surface area (Å²) in [7, 11) is 1.93. The van der Waals surface area contributed by atoms with Crippen molar-refractivity contribution in [3.63, 3.8) is 0 Å². The van der Waals surface area contributed by atoms with Gasteiger partial charge in [-0.3, -0.25) is 24.8 Å². The van der Waals surface area contributed by atoms with Gasteiger partial charge < -0.3 is 4.90 Å². The Morgan fingerprint density at radius 3 is 2.86 bits per heavy atom. The summed E-state index contributed by atoms with van der Waals surface area (Å²) in [5.41, 5.74) is 6.63. The van der Waals surface area contributed by atoms with E-state index in [4.69, 9.17) is 0 Å². The van der Waals surface area contributed by atoms with Crippen molar-refractivity contribution < 1.29 is 4.79 Å². The first-order chi connectivity index (χ1) is 17.0. The van der Waals surface area contributed by atoms with E-state index in [0.717, 1.165) is 41.3 Å². The molecule has 0 saturated heterocycles. The van der Waals surface area contributed by atoms with Gasteiger partial charge in [-0.1, -0.05) is 11.3 Å². The number of carbonyl (C=O) groups is 1. The van der Waals surface area contributed by atoms with Gasteiger partial charge in [0.1, 0.15) is 0 Å². The van der Waals surface area contributed by atoms with Crippen molar-refractivity contribution in [2.45, 2.75) is 19.9 Å². The van der Waals surface area contributed by atoms with Gasteiger partial charge in [-0.15, -0.1) is 0 Å². The summed E-state index contributed by atoms with van der Waals surface area (Å²) in [6, 6.07) is 5.71. The normalized spacial score (nSPS) is 13.1. The highest BCUT2D eigenvalue weighted by Gasteiger charge is 2.24. The average Bonchev–Trinajstić information content (AvgIpc) is 3.44. The Hall–Kier alpha value is -4.25. The standard InChI is InChI=1S/C24H21N9OS/c1-14-9-20(33-8-5-18-16(13-33)12-32(2)31-18)17(10-26-14)22(34)30-24-29-21-23(35-24)28-19(11-27-21)15-3-6-25-7-4-15/h3-4,6-7,9-12H,5,8,13H2,1-2H3,(H,27,29,30,34). The maximum absolute atomic E-state index is 13.3. The molecule has 174 valence electrons. The van der Waals surface area contributed by atoms with E-state index < -0.39 is 0 Å². The number of anilines is 2. The first-order valence-electron chi connectivity index (χ1n) is 11.1. The van der Waals surface area contributed by atoms with Crippen molar-refractivity contribution in [2.75, 3.05) is 16.8 Å². The van der Waals surface area contributed by atoms with E-state index >= 15 is 0 Å². The second-order valence-corrected chi connectivity index (χ2v) is 9.36. The molecule has 0 aliphatic carbocycles. The third-order valence-corrected chi connectivity index (χ3v) is 6.75. The van der Waals surface area contributed by atoms with Gasteiger partial charge in [-0.25, -0.2) is 9.97 Å². The topological polar surface area (TPSA) is 115 Å². The quantitative estimate of drug-likeness (QED) is 0.414. The summed E-state index contributed by atoms with van der Waals surface area (Å²) >= 11 is 1.29. The fraction of sp³-hybridized carbons (Fsp3) is 0.208. The molecule has 0 aromatic carbocycles. The number of aryl methyl sites for hydroxylation is 2. The van der Waals surface area contributed by atoms with Crippen LogP contribution in [0.15, 0.2) is 49.2 Å². The Bertz CT molecular complexity index is 1560. The molecule has 6 heterocycles. The van der Waals surface area contributed by atoms with Crippen LogP contribution in [0.2, 0.25) is 0 Å². The lowest BCUT2D eigenvalue weighted by molar-refractivity contribution is 0.102. The third kappa shape index (κ3) is 4.10. The van der Waals surface area contributed by atoms with Gasteiger partial charge >= 0.3 is 0 Å². The smallest absolute Gasteiger partial charge is 0.261 e. The van der Waals surface area contributed by atoms with Crippen LogP contribution in [0.1, 0.15) is 27.3 Å². The van der Waals surface area contributed by atoms with Gasteiger partial charge in [-0.2, -0.15) is 10.1 Å². The molecule has 5 aromatic heterocycles. The molecular weight excluding hydrogens is 462 g/mol. The number of aromatic nitrogens is 7. The van der Waals surface area contributed by atoms with E-state index in [1.165, 1.54) is 16.9 Å². The van der Waals surface area contributed by atoms with Crippen molar-refractivity contribution in [3.05, 3.63) is 71.7 Å². The third-order valence-electron chi connectivity index (χ3n) is 5.90. The Morgan fingerprint density at radius 2 is 2.00 bits per heavy atom. The van der Waals surface area contributed by atoms with Gasteiger partial charge in [0.25, 0.3) is 5.91 Å². The average molecular weight is 484 g/mol. The van der Waals surface area contributed by atoms with Gasteiger partial charge in [0, 0.05) is 68.2 Å². The van der Waals surface area contributed by atoms with Crippen LogP contribution in [0.5, 0.6) is 0 Å². The van der Waals surface area contributed by atoms with Crippen molar-refractivity contribution in [2.24, 2.45) is 7.05 Å². The maximum atomic E-state index is 13.3. The number of carbonyl (C=O) groups excluding carboxylic acids is 1. The molecule has 5 aromatic rings. The molecule has 6 rings (SSSR count). The zero-order chi connectivity index (χ0) is 23.9. The number of pyridine rings is 2. The Morgan fingerprint density at radius 1 is 1.14 bits per heavy atom. The molecule has 0 saturated carbocycles. The molecule has 0 atom stereocenters. The SMILES string of the molecule is Cc1cc(N2CCc3nn(C)cc3C2)c(C(=O)Nc2nc3ncc(-c4ccncc4)nc3s2)cn1. The molecule has 1 aliphatic rings. The zero-order valence-corrected chi connectivity index (χ0v) is 20.0. The highest BCUT2D eigenvalue weighted by molar-refractivity contribution is 7.21. The summed E-state index contributed by atoms with van der Waals surface area (Å²) in [6.07, 6.45) is 9.59. The van der Waals surface area contributed by atoms with Crippen molar-refractivity contribution in [1.82, 2.24) is 34.7 Å². The number of nitrogens with zero attached hydrogens (tertiary/aromatic N) is 8. The lowest BCUT2D eigenvalue weighted by Gasteiger charge is -2.30. The largest absolute Gasteiger partial charge is 0.366 e. The van der Waals surface area contributed by atoms with E-state index in [2.05, 4.69) is 40.2 Å². The van der Waals surface area contributed by atoms with Crippen LogP contribution < -0.4 is 10.2 Å². The van der Waals surface area contributed by atoms with Gasteiger partial charge in [0.05, 0.1) is 28.8 Å². The minimum Gasteiger partial charge on any atom is -0.366 e. The maximum Gasteiger partial charge on any atom is 0.261 e. The number of hydrogen-bond donors (Lipinski definition) is 1. The van der Waals surface area contributed by atoms with Crippen LogP contribution in [0.3, 0.4) is 0 Å². The molecule has 10 nitrogen and oxygen atoms in total. The molecule has 0 spiro atoms. The van der Waals surface area contributed by atoms with Gasteiger partial charge in [0.15, 0.2) is 15.6 Å². The summed E-state index contributed by atoms with van der Waals surface area (Å²) in [5, 5.41) is 7.90. The van der Waals surface area contributed by atoms with Crippen LogP contribution in [0.25, 0.3) is 21.7 Å².